The molecule has 2 atom stereocenters. The molecule has 1 aliphatic carbocycles. The lowest BCUT2D eigenvalue weighted by Gasteiger charge is -2.27. The number of rotatable bonds is 3. The number of hydrogen-bond donors (Lipinski definition) is 2. The van der Waals surface area contributed by atoms with Crippen molar-refractivity contribution in [2.75, 3.05) is 11.9 Å². The molecule has 2 aromatic heterocycles. The molecule has 1 aliphatic heterocycles. The van der Waals surface area contributed by atoms with Crippen LogP contribution in [0.25, 0.3) is 10.2 Å². The minimum atomic E-state index is 0.163. The Morgan fingerprint density at radius 3 is 3.09 bits per heavy atom. The van der Waals surface area contributed by atoms with E-state index in [4.69, 9.17) is 0 Å². The predicted molar refractivity (Wildman–Crippen MR) is 92.9 cm³/mol. The summed E-state index contributed by atoms with van der Waals surface area (Å²) in [6.45, 7) is 2.87. The largest absolute Gasteiger partial charge is 0.369 e. The maximum absolute atomic E-state index is 11.7. The van der Waals surface area contributed by atoms with Crippen LogP contribution in [0.3, 0.4) is 0 Å². The van der Waals surface area contributed by atoms with E-state index in [0.717, 1.165) is 30.0 Å². The second kappa shape index (κ2) is 6.07. The summed E-state index contributed by atoms with van der Waals surface area (Å²) in [5, 5.41) is 7.72. The summed E-state index contributed by atoms with van der Waals surface area (Å²) in [6, 6.07) is 0.266. The molecule has 2 aliphatic rings. The van der Waals surface area contributed by atoms with Gasteiger partial charge in [0.1, 0.15) is 17.0 Å². The fourth-order valence-electron chi connectivity index (χ4n) is 3.86. The van der Waals surface area contributed by atoms with Gasteiger partial charge in [-0.15, -0.1) is 11.3 Å². The van der Waals surface area contributed by atoms with Crippen LogP contribution in [0.4, 0.5) is 5.82 Å². The first-order valence-corrected chi connectivity index (χ1v) is 9.31. The van der Waals surface area contributed by atoms with Gasteiger partial charge in [0.15, 0.2) is 0 Å². The van der Waals surface area contributed by atoms with Crippen LogP contribution in [-0.2, 0) is 17.6 Å². The van der Waals surface area contributed by atoms with Gasteiger partial charge in [0.25, 0.3) is 0 Å². The van der Waals surface area contributed by atoms with Crippen LogP contribution in [0.2, 0.25) is 0 Å². The molecule has 2 N–H and O–H groups in total. The first-order valence-electron chi connectivity index (χ1n) is 8.49. The molecule has 6 heteroatoms. The van der Waals surface area contributed by atoms with Crippen LogP contribution in [0.1, 0.15) is 43.0 Å². The van der Waals surface area contributed by atoms with Crippen molar-refractivity contribution in [3.05, 3.63) is 16.8 Å². The van der Waals surface area contributed by atoms with Crippen molar-refractivity contribution in [2.45, 2.75) is 51.5 Å². The minimum absolute atomic E-state index is 0.163. The molecular weight excluding hydrogens is 308 g/mol. The third-order valence-corrected chi connectivity index (χ3v) is 6.08. The highest BCUT2D eigenvalue weighted by molar-refractivity contribution is 7.19. The number of thiophene rings is 1. The van der Waals surface area contributed by atoms with Crippen molar-refractivity contribution in [3.63, 3.8) is 0 Å². The lowest BCUT2D eigenvalue weighted by atomic mass is 9.92. The number of fused-ring (bicyclic) bond motifs is 3. The first kappa shape index (κ1) is 14.9. The van der Waals surface area contributed by atoms with Gasteiger partial charge in [-0.05, 0) is 50.5 Å². The van der Waals surface area contributed by atoms with Gasteiger partial charge >= 0.3 is 0 Å². The van der Waals surface area contributed by atoms with E-state index in [0.29, 0.717) is 12.3 Å². The fourth-order valence-corrected chi connectivity index (χ4v) is 5.09. The Morgan fingerprint density at radius 1 is 1.35 bits per heavy atom. The zero-order valence-corrected chi connectivity index (χ0v) is 14.2. The highest BCUT2D eigenvalue weighted by Gasteiger charge is 2.25. The quantitative estimate of drug-likeness (QED) is 0.908. The van der Waals surface area contributed by atoms with E-state index in [1.807, 2.05) is 11.3 Å². The fraction of sp³-hybridized carbons (Fsp3) is 0.588. The minimum Gasteiger partial charge on any atom is -0.369 e. The third-order valence-electron chi connectivity index (χ3n) is 4.88. The number of amides is 1. The number of aryl methyl sites for hydroxylation is 2. The lowest BCUT2D eigenvalue weighted by Crippen LogP contribution is -2.42. The lowest BCUT2D eigenvalue weighted by molar-refractivity contribution is -0.124. The summed E-state index contributed by atoms with van der Waals surface area (Å²) < 4.78 is 0. The normalized spacial score (nSPS) is 24.3. The Bertz CT molecular complexity index is 742. The van der Waals surface area contributed by atoms with Gasteiger partial charge < -0.3 is 10.6 Å². The van der Waals surface area contributed by atoms with Crippen molar-refractivity contribution in [1.29, 1.82) is 0 Å². The van der Waals surface area contributed by atoms with E-state index in [9.17, 15) is 4.79 Å². The standard InChI is InChI=1S/C17H22N4OS/c1-10-6-11(7-14(22)21-10)8-18-16-15-12-4-2-3-5-13(12)23-17(15)20-9-19-16/h9-11H,2-8H2,1H3,(H,21,22)(H,18,19,20). The molecule has 5 nitrogen and oxygen atoms in total. The molecule has 0 saturated carbocycles. The number of anilines is 1. The van der Waals surface area contributed by atoms with Crippen molar-refractivity contribution >= 4 is 33.3 Å². The molecule has 1 amide bonds. The summed E-state index contributed by atoms with van der Waals surface area (Å²) in [5.41, 5.74) is 1.45. The zero-order chi connectivity index (χ0) is 15.8. The Morgan fingerprint density at radius 2 is 2.22 bits per heavy atom. The predicted octanol–water partition coefficient (Wildman–Crippen LogP) is 2.90. The van der Waals surface area contributed by atoms with Gasteiger partial charge in [0.05, 0.1) is 5.39 Å². The van der Waals surface area contributed by atoms with E-state index in [2.05, 4.69) is 27.5 Å². The SMILES string of the molecule is CC1CC(CNc2ncnc3sc4c(c23)CCCC4)CC(=O)N1. The smallest absolute Gasteiger partial charge is 0.220 e. The van der Waals surface area contributed by atoms with Gasteiger partial charge in [-0.1, -0.05) is 0 Å². The molecule has 1 saturated heterocycles. The van der Waals surface area contributed by atoms with E-state index in [1.165, 1.54) is 35.1 Å². The van der Waals surface area contributed by atoms with E-state index >= 15 is 0 Å². The van der Waals surface area contributed by atoms with Gasteiger partial charge in [-0.25, -0.2) is 9.97 Å². The molecule has 0 bridgehead atoms. The molecule has 23 heavy (non-hydrogen) atoms. The van der Waals surface area contributed by atoms with Crippen LogP contribution < -0.4 is 10.6 Å². The summed E-state index contributed by atoms with van der Waals surface area (Å²) in [4.78, 5) is 23.2. The maximum Gasteiger partial charge on any atom is 0.220 e. The van der Waals surface area contributed by atoms with Crippen molar-refractivity contribution in [3.8, 4) is 0 Å². The Balaban J connectivity index is 1.57. The third kappa shape index (κ3) is 2.92. The number of nitrogens with one attached hydrogen (secondary N) is 2. The molecule has 0 spiro atoms. The Hall–Kier alpha value is -1.69. The van der Waals surface area contributed by atoms with E-state index in [1.54, 1.807) is 6.33 Å². The van der Waals surface area contributed by atoms with Gasteiger partial charge in [0, 0.05) is 23.9 Å². The molecule has 3 heterocycles. The number of piperidine rings is 1. The average molecular weight is 330 g/mol. The van der Waals surface area contributed by atoms with E-state index < -0.39 is 0 Å². The van der Waals surface area contributed by atoms with Crippen LogP contribution in [0.15, 0.2) is 6.33 Å². The summed E-state index contributed by atoms with van der Waals surface area (Å²) >= 11 is 1.82. The molecular formula is C17H22N4OS. The molecule has 122 valence electrons. The summed E-state index contributed by atoms with van der Waals surface area (Å²) in [5.74, 6) is 1.49. The second-order valence-corrected chi connectivity index (χ2v) is 7.85. The highest BCUT2D eigenvalue weighted by atomic mass is 32.1. The van der Waals surface area contributed by atoms with Gasteiger partial charge in [-0.3, -0.25) is 4.79 Å². The summed E-state index contributed by atoms with van der Waals surface area (Å²) in [6.07, 6.45) is 8.14. The number of hydrogen-bond acceptors (Lipinski definition) is 5. The topological polar surface area (TPSA) is 66.9 Å². The molecule has 2 aromatic rings. The van der Waals surface area contributed by atoms with Crippen LogP contribution >= 0.6 is 11.3 Å². The molecule has 0 aromatic carbocycles. The maximum atomic E-state index is 11.7. The Labute approximate surface area is 139 Å². The Kier molecular flexibility index (Phi) is 3.93. The van der Waals surface area contributed by atoms with Crippen molar-refractivity contribution < 1.29 is 4.79 Å². The summed E-state index contributed by atoms with van der Waals surface area (Å²) in [7, 11) is 0. The van der Waals surface area contributed by atoms with Crippen molar-refractivity contribution in [2.24, 2.45) is 5.92 Å². The first-order chi connectivity index (χ1) is 11.2. The zero-order valence-electron chi connectivity index (χ0n) is 13.4. The number of carbonyl (C=O) groups excluding carboxylic acids is 1. The second-order valence-electron chi connectivity index (χ2n) is 6.77. The highest BCUT2D eigenvalue weighted by Crippen LogP contribution is 2.38. The molecule has 4 rings (SSSR count). The molecule has 0 radical (unpaired) electrons. The van der Waals surface area contributed by atoms with Crippen LogP contribution in [0, 0.1) is 5.92 Å². The molecule has 2 unspecified atom stereocenters. The molecule has 1 fully saturated rings. The monoisotopic (exact) mass is 330 g/mol. The van der Waals surface area contributed by atoms with Crippen LogP contribution in [0.5, 0.6) is 0 Å². The van der Waals surface area contributed by atoms with Crippen LogP contribution in [-0.4, -0.2) is 28.5 Å². The number of aromatic nitrogens is 2. The van der Waals surface area contributed by atoms with Gasteiger partial charge in [-0.2, -0.15) is 0 Å². The van der Waals surface area contributed by atoms with Crippen molar-refractivity contribution in [1.82, 2.24) is 15.3 Å². The number of carbonyl (C=O) groups is 1. The average Bonchev–Trinajstić information content (AvgIpc) is 2.91. The number of nitrogens with zero attached hydrogens (tertiary/aromatic N) is 2. The van der Waals surface area contributed by atoms with E-state index in [-0.39, 0.29) is 11.9 Å². The van der Waals surface area contributed by atoms with Gasteiger partial charge in [0.2, 0.25) is 5.91 Å².